The number of nitrogens with one attached hydrogen (secondary N) is 1. The van der Waals surface area contributed by atoms with E-state index in [1.54, 1.807) is 0 Å². The van der Waals surface area contributed by atoms with Gasteiger partial charge in [0.1, 0.15) is 0 Å². The second-order valence-corrected chi connectivity index (χ2v) is 9.71. The highest BCUT2D eigenvalue weighted by molar-refractivity contribution is 9.11. The highest BCUT2D eigenvalue weighted by Gasteiger charge is 2.49. The zero-order chi connectivity index (χ0) is 15.8. The molecule has 0 radical (unpaired) electrons. The van der Waals surface area contributed by atoms with Gasteiger partial charge in [0.2, 0.25) is 0 Å². The Bertz CT molecular complexity index is 475. The van der Waals surface area contributed by atoms with Crippen molar-refractivity contribution < 1.29 is 4.74 Å². The van der Waals surface area contributed by atoms with Gasteiger partial charge in [-0.25, -0.2) is 0 Å². The fourth-order valence-electron chi connectivity index (χ4n) is 3.50. The summed E-state index contributed by atoms with van der Waals surface area (Å²) in [6.45, 7) is 14.3. The fraction of sp³-hybridized carbons (Fsp3) is 0.765. The van der Waals surface area contributed by atoms with E-state index in [-0.39, 0.29) is 11.2 Å². The van der Waals surface area contributed by atoms with E-state index in [4.69, 9.17) is 4.74 Å². The number of hydrogen-bond acceptors (Lipinski definition) is 3. The van der Waals surface area contributed by atoms with Crippen molar-refractivity contribution in [3.05, 3.63) is 20.3 Å². The molecule has 2 unspecified atom stereocenters. The third-order valence-electron chi connectivity index (χ3n) is 4.34. The molecule has 2 heterocycles. The minimum Gasteiger partial charge on any atom is -0.369 e. The van der Waals surface area contributed by atoms with Crippen molar-refractivity contribution in [1.29, 1.82) is 0 Å². The summed E-state index contributed by atoms with van der Waals surface area (Å²) < 4.78 is 7.57. The van der Waals surface area contributed by atoms with Crippen molar-refractivity contribution in [3.63, 3.8) is 0 Å². The first-order chi connectivity index (χ1) is 9.66. The molecule has 1 fully saturated rings. The van der Waals surface area contributed by atoms with E-state index >= 15 is 0 Å². The monoisotopic (exact) mass is 373 g/mol. The first kappa shape index (κ1) is 17.5. The van der Waals surface area contributed by atoms with E-state index in [1.165, 1.54) is 14.2 Å². The molecule has 0 amide bonds. The Kier molecular flexibility index (Phi) is 5.24. The number of aryl methyl sites for hydroxylation is 1. The van der Waals surface area contributed by atoms with Crippen molar-refractivity contribution >= 4 is 27.3 Å². The van der Waals surface area contributed by atoms with Gasteiger partial charge >= 0.3 is 0 Å². The summed E-state index contributed by atoms with van der Waals surface area (Å²) >= 11 is 5.53. The second kappa shape index (κ2) is 6.31. The maximum absolute atomic E-state index is 6.32. The Hall–Kier alpha value is 0.1000. The van der Waals surface area contributed by atoms with E-state index in [2.05, 4.69) is 68.9 Å². The van der Waals surface area contributed by atoms with Crippen LogP contribution in [0.4, 0.5) is 0 Å². The van der Waals surface area contributed by atoms with Gasteiger partial charge in [0.25, 0.3) is 0 Å². The maximum atomic E-state index is 6.32. The molecule has 0 saturated carbocycles. The summed E-state index contributed by atoms with van der Waals surface area (Å²) in [5, 5.41) is 3.77. The molecule has 2 nitrogen and oxygen atoms in total. The lowest BCUT2D eigenvalue weighted by atomic mass is 9.81. The first-order valence-corrected chi connectivity index (χ1v) is 9.46. The smallest absolute Gasteiger partial charge is 0.0731 e. The molecule has 1 saturated heterocycles. The summed E-state index contributed by atoms with van der Waals surface area (Å²) in [4.78, 5) is 1.42. The van der Waals surface area contributed by atoms with Crippen LogP contribution in [0.5, 0.6) is 0 Å². The summed E-state index contributed by atoms with van der Waals surface area (Å²) in [5.41, 5.74) is 1.19. The zero-order valence-corrected chi connectivity index (χ0v) is 16.5. The molecular weight excluding hydrogens is 346 g/mol. The molecule has 2 atom stereocenters. The lowest BCUT2D eigenvalue weighted by molar-refractivity contribution is -0.0777. The number of hydrogen-bond donors (Lipinski definition) is 1. The van der Waals surface area contributed by atoms with Gasteiger partial charge in [0, 0.05) is 16.8 Å². The fourth-order valence-corrected chi connectivity index (χ4v) is 5.21. The van der Waals surface area contributed by atoms with Crippen LogP contribution in [0.2, 0.25) is 0 Å². The molecule has 1 N–H and O–H groups in total. The van der Waals surface area contributed by atoms with Gasteiger partial charge in [-0.15, -0.1) is 11.3 Å². The van der Waals surface area contributed by atoms with Gasteiger partial charge in [0.15, 0.2) is 0 Å². The van der Waals surface area contributed by atoms with Gasteiger partial charge in [-0.3, -0.25) is 0 Å². The Morgan fingerprint density at radius 2 is 2.10 bits per heavy atom. The topological polar surface area (TPSA) is 21.3 Å². The summed E-state index contributed by atoms with van der Waals surface area (Å²) in [5.74, 6) is 0.490. The van der Waals surface area contributed by atoms with E-state index in [0.717, 1.165) is 19.4 Å². The van der Waals surface area contributed by atoms with E-state index in [1.807, 2.05) is 11.3 Å². The molecule has 21 heavy (non-hydrogen) atoms. The molecule has 120 valence electrons. The van der Waals surface area contributed by atoms with E-state index in [0.29, 0.717) is 12.0 Å². The normalized spacial score (nSPS) is 25.2. The zero-order valence-electron chi connectivity index (χ0n) is 14.0. The quantitative estimate of drug-likeness (QED) is 0.740. The Balaban J connectivity index is 2.32. The average molecular weight is 374 g/mol. The predicted molar refractivity (Wildman–Crippen MR) is 95.1 cm³/mol. The Labute approximate surface area is 141 Å². The highest BCUT2D eigenvalue weighted by atomic mass is 79.9. The number of rotatable bonds is 5. The minimum atomic E-state index is -0.0979. The molecule has 4 heteroatoms. The third kappa shape index (κ3) is 3.90. The average Bonchev–Trinajstić information content (AvgIpc) is 2.77. The van der Waals surface area contributed by atoms with Gasteiger partial charge in [0.05, 0.1) is 15.0 Å². The molecule has 0 bridgehead atoms. The van der Waals surface area contributed by atoms with Crippen molar-refractivity contribution in [2.24, 2.45) is 5.92 Å². The number of ether oxygens (including phenoxy) is 1. The van der Waals surface area contributed by atoms with Crippen LogP contribution in [-0.4, -0.2) is 17.7 Å². The molecule has 1 aliphatic heterocycles. The van der Waals surface area contributed by atoms with Crippen LogP contribution in [0.15, 0.2) is 9.85 Å². The molecule has 0 aromatic carbocycles. The molecule has 0 spiro atoms. The summed E-state index contributed by atoms with van der Waals surface area (Å²) in [6.07, 6.45) is 2.25. The van der Waals surface area contributed by atoms with Crippen LogP contribution in [-0.2, 0) is 4.74 Å². The van der Waals surface area contributed by atoms with Crippen LogP contribution in [0.3, 0.4) is 0 Å². The van der Waals surface area contributed by atoms with Crippen LogP contribution in [0, 0.1) is 12.8 Å². The van der Waals surface area contributed by atoms with Gasteiger partial charge < -0.3 is 10.1 Å². The molecule has 1 aromatic heterocycles. The van der Waals surface area contributed by atoms with Gasteiger partial charge in [-0.1, -0.05) is 6.92 Å². The molecular formula is C17H28BrNOS. The van der Waals surface area contributed by atoms with Crippen LogP contribution < -0.4 is 5.32 Å². The van der Waals surface area contributed by atoms with Gasteiger partial charge in [-0.2, -0.15) is 0 Å². The number of halogens is 1. The third-order valence-corrected chi connectivity index (χ3v) is 6.56. The molecule has 1 aliphatic rings. The lowest BCUT2D eigenvalue weighted by Gasteiger charge is -2.33. The van der Waals surface area contributed by atoms with Crippen molar-refractivity contribution in [3.8, 4) is 0 Å². The predicted octanol–water partition coefficient (Wildman–Crippen LogP) is 5.45. The van der Waals surface area contributed by atoms with E-state index < -0.39 is 0 Å². The Morgan fingerprint density at radius 1 is 1.43 bits per heavy atom. The minimum absolute atomic E-state index is 0.0378. The van der Waals surface area contributed by atoms with Crippen LogP contribution >= 0.6 is 27.3 Å². The standard InChI is InChI=1S/C17H28BrNOS/c1-7-8-19-14(13-9-11(2)15(18)21-13)12-10-16(3,4)20-17(12,5)6/h9,12,14,19H,7-8,10H2,1-6H3. The van der Waals surface area contributed by atoms with Crippen molar-refractivity contribution in [2.75, 3.05) is 6.54 Å². The largest absolute Gasteiger partial charge is 0.369 e. The van der Waals surface area contributed by atoms with Gasteiger partial charge in [-0.05, 0) is 81.6 Å². The first-order valence-electron chi connectivity index (χ1n) is 7.85. The maximum Gasteiger partial charge on any atom is 0.0731 e. The van der Waals surface area contributed by atoms with E-state index in [9.17, 15) is 0 Å². The lowest BCUT2D eigenvalue weighted by Crippen LogP contribution is -2.38. The summed E-state index contributed by atoms with van der Waals surface area (Å²) in [6, 6.07) is 2.69. The summed E-state index contributed by atoms with van der Waals surface area (Å²) in [7, 11) is 0. The van der Waals surface area contributed by atoms with Crippen molar-refractivity contribution in [2.45, 2.75) is 71.6 Å². The second-order valence-electron chi connectivity index (χ2n) is 7.31. The van der Waals surface area contributed by atoms with Crippen molar-refractivity contribution in [1.82, 2.24) is 5.32 Å². The Morgan fingerprint density at radius 3 is 2.52 bits per heavy atom. The number of thiophene rings is 1. The molecule has 0 aliphatic carbocycles. The SMILES string of the molecule is CCCNC(c1cc(C)c(Br)s1)C1CC(C)(C)OC1(C)C. The van der Waals surface area contributed by atoms with Crippen LogP contribution in [0.1, 0.15) is 63.9 Å². The van der Waals surface area contributed by atoms with Crippen LogP contribution in [0.25, 0.3) is 0 Å². The highest BCUT2D eigenvalue weighted by Crippen LogP contribution is 2.49. The molecule has 1 aromatic rings. The molecule has 2 rings (SSSR count).